The van der Waals surface area contributed by atoms with Crippen molar-refractivity contribution in [2.75, 3.05) is 39.5 Å². The number of hydrogen-bond acceptors (Lipinski definition) is 4. The predicted molar refractivity (Wildman–Crippen MR) is 72.7 cm³/mol. The lowest BCUT2D eigenvalue weighted by Gasteiger charge is -2.38. The average Bonchev–Trinajstić information content (AvgIpc) is 2.40. The van der Waals surface area contributed by atoms with Gasteiger partial charge in [0, 0.05) is 31.8 Å². The number of nitrogens with zero attached hydrogens (tertiary/aromatic N) is 1. The summed E-state index contributed by atoms with van der Waals surface area (Å²) in [4.78, 5) is 2.60. The van der Waals surface area contributed by atoms with Crippen LogP contribution in [0.1, 0.15) is 32.6 Å². The largest absolute Gasteiger partial charge is 0.396 e. The van der Waals surface area contributed by atoms with Gasteiger partial charge in [-0.2, -0.15) is 0 Å². The van der Waals surface area contributed by atoms with Crippen LogP contribution in [0.5, 0.6) is 0 Å². The maximum atomic E-state index is 9.06. The molecular weight excluding hydrogens is 228 g/mol. The lowest BCUT2D eigenvalue weighted by atomic mass is 9.93. The van der Waals surface area contributed by atoms with E-state index in [1.165, 1.54) is 25.8 Å². The van der Waals surface area contributed by atoms with Crippen LogP contribution in [0, 0.1) is 5.92 Å². The van der Waals surface area contributed by atoms with Crippen LogP contribution in [0.2, 0.25) is 0 Å². The first-order valence-corrected chi connectivity index (χ1v) is 7.45. The smallest absolute Gasteiger partial charge is 0.0620 e. The van der Waals surface area contributed by atoms with Crippen LogP contribution in [0.4, 0.5) is 0 Å². The molecule has 0 aliphatic carbocycles. The van der Waals surface area contributed by atoms with Crippen LogP contribution in [-0.2, 0) is 4.74 Å². The highest BCUT2D eigenvalue weighted by atomic mass is 16.5. The molecular formula is C14H28N2O2. The van der Waals surface area contributed by atoms with Crippen molar-refractivity contribution in [2.24, 2.45) is 5.92 Å². The lowest BCUT2D eigenvalue weighted by Crippen LogP contribution is -2.48. The Balaban J connectivity index is 1.74. The zero-order valence-electron chi connectivity index (χ0n) is 11.6. The molecule has 0 aromatic heterocycles. The van der Waals surface area contributed by atoms with Crippen molar-refractivity contribution >= 4 is 0 Å². The molecule has 2 heterocycles. The molecule has 4 heteroatoms. The molecule has 4 nitrogen and oxygen atoms in total. The lowest BCUT2D eigenvalue weighted by molar-refractivity contribution is 0.0526. The molecule has 3 atom stereocenters. The molecule has 0 bridgehead atoms. The monoisotopic (exact) mass is 256 g/mol. The number of rotatable bonds is 5. The van der Waals surface area contributed by atoms with Gasteiger partial charge >= 0.3 is 0 Å². The zero-order valence-corrected chi connectivity index (χ0v) is 11.6. The highest BCUT2D eigenvalue weighted by Gasteiger charge is 2.25. The van der Waals surface area contributed by atoms with Crippen LogP contribution in [0.3, 0.4) is 0 Å². The molecule has 2 fully saturated rings. The molecule has 0 aromatic carbocycles. The normalized spacial score (nSPS) is 32.3. The van der Waals surface area contributed by atoms with Crippen LogP contribution >= 0.6 is 0 Å². The molecule has 0 spiro atoms. The van der Waals surface area contributed by atoms with Gasteiger partial charge in [-0.15, -0.1) is 0 Å². The summed E-state index contributed by atoms with van der Waals surface area (Å²) in [6.07, 6.45) is 4.71. The minimum atomic E-state index is 0.338. The van der Waals surface area contributed by atoms with Crippen molar-refractivity contribution < 1.29 is 9.84 Å². The summed E-state index contributed by atoms with van der Waals surface area (Å²) < 4.78 is 5.52. The SMILES string of the molecule is CC(CC1COCCN1)N1CCCC(CCO)C1. The first-order valence-electron chi connectivity index (χ1n) is 7.45. The van der Waals surface area contributed by atoms with Crippen LogP contribution in [0.15, 0.2) is 0 Å². The molecule has 0 radical (unpaired) electrons. The topological polar surface area (TPSA) is 44.7 Å². The second-order valence-electron chi connectivity index (χ2n) is 5.83. The molecule has 2 saturated heterocycles. The van der Waals surface area contributed by atoms with Crippen molar-refractivity contribution in [3.8, 4) is 0 Å². The van der Waals surface area contributed by atoms with Gasteiger partial charge in [0.2, 0.25) is 0 Å². The Bertz CT molecular complexity index is 230. The molecule has 0 aromatic rings. The standard InChI is InChI=1S/C14H28N2O2/c1-12(9-14-11-18-8-5-15-14)16-6-2-3-13(10-16)4-7-17/h12-15,17H,2-11H2,1H3. The van der Waals surface area contributed by atoms with Crippen molar-refractivity contribution in [1.29, 1.82) is 0 Å². The summed E-state index contributed by atoms with van der Waals surface area (Å²) in [6, 6.07) is 1.14. The average molecular weight is 256 g/mol. The Kier molecular flexibility index (Phi) is 5.89. The van der Waals surface area contributed by atoms with Crippen molar-refractivity contribution in [1.82, 2.24) is 10.2 Å². The van der Waals surface area contributed by atoms with Gasteiger partial charge in [0.05, 0.1) is 13.2 Å². The second-order valence-corrected chi connectivity index (χ2v) is 5.83. The molecule has 2 aliphatic rings. The first-order chi connectivity index (χ1) is 8.79. The molecule has 2 N–H and O–H groups in total. The Morgan fingerprint density at radius 1 is 1.50 bits per heavy atom. The van der Waals surface area contributed by atoms with E-state index in [2.05, 4.69) is 17.1 Å². The van der Waals surface area contributed by atoms with E-state index in [1.54, 1.807) is 0 Å². The fraction of sp³-hybridized carbons (Fsp3) is 1.00. The first kappa shape index (κ1) is 14.3. The second kappa shape index (κ2) is 7.43. The van der Waals surface area contributed by atoms with Gasteiger partial charge in [-0.25, -0.2) is 0 Å². The molecule has 106 valence electrons. The van der Waals surface area contributed by atoms with Crippen molar-refractivity contribution in [3.05, 3.63) is 0 Å². The fourth-order valence-corrected chi connectivity index (χ4v) is 3.25. The van der Waals surface area contributed by atoms with E-state index in [0.29, 0.717) is 24.6 Å². The van der Waals surface area contributed by atoms with Gasteiger partial charge in [0.1, 0.15) is 0 Å². The number of aliphatic hydroxyl groups is 1. The number of hydrogen-bond donors (Lipinski definition) is 2. The third-order valence-electron chi connectivity index (χ3n) is 4.34. The van der Waals surface area contributed by atoms with Crippen LogP contribution < -0.4 is 5.32 Å². The van der Waals surface area contributed by atoms with E-state index in [-0.39, 0.29) is 0 Å². The van der Waals surface area contributed by atoms with Gasteiger partial charge in [-0.05, 0) is 45.1 Å². The maximum Gasteiger partial charge on any atom is 0.0620 e. The highest BCUT2D eigenvalue weighted by molar-refractivity contribution is 4.81. The van der Waals surface area contributed by atoms with Gasteiger partial charge in [-0.3, -0.25) is 0 Å². The fourth-order valence-electron chi connectivity index (χ4n) is 3.25. The number of ether oxygens (including phenoxy) is 1. The molecule has 0 saturated carbocycles. The maximum absolute atomic E-state index is 9.06. The third kappa shape index (κ3) is 4.19. The van der Waals surface area contributed by atoms with E-state index in [4.69, 9.17) is 9.84 Å². The predicted octanol–water partition coefficient (Wildman–Crippen LogP) is 0.848. The number of likely N-dealkylation sites (tertiary alicyclic amines) is 1. The van der Waals surface area contributed by atoms with E-state index in [9.17, 15) is 0 Å². The van der Waals surface area contributed by atoms with Crippen molar-refractivity contribution in [3.63, 3.8) is 0 Å². The van der Waals surface area contributed by atoms with E-state index in [1.807, 2.05) is 0 Å². The summed E-state index contributed by atoms with van der Waals surface area (Å²) in [5, 5.41) is 12.6. The summed E-state index contributed by atoms with van der Waals surface area (Å²) in [7, 11) is 0. The Hall–Kier alpha value is -0.160. The van der Waals surface area contributed by atoms with Crippen molar-refractivity contribution in [2.45, 2.75) is 44.7 Å². The van der Waals surface area contributed by atoms with E-state index >= 15 is 0 Å². The molecule has 2 rings (SSSR count). The number of aliphatic hydroxyl groups excluding tert-OH is 1. The quantitative estimate of drug-likeness (QED) is 0.765. The van der Waals surface area contributed by atoms with Gasteiger partial charge < -0.3 is 20.1 Å². The molecule has 0 amide bonds. The summed E-state index contributed by atoms with van der Waals surface area (Å²) >= 11 is 0. The summed E-state index contributed by atoms with van der Waals surface area (Å²) in [6.45, 7) is 7.75. The van der Waals surface area contributed by atoms with Gasteiger partial charge in [-0.1, -0.05) is 0 Å². The zero-order chi connectivity index (χ0) is 12.8. The summed E-state index contributed by atoms with van der Waals surface area (Å²) in [5.41, 5.74) is 0. The Morgan fingerprint density at radius 3 is 3.11 bits per heavy atom. The third-order valence-corrected chi connectivity index (χ3v) is 4.34. The number of piperidine rings is 1. The van der Waals surface area contributed by atoms with Crippen LogP contribution in [0.25, 0.3) is 0 Å². The minimum Gasteiger partial charge on any atom is -0.396 e. The number of morpholine rings is 1. The Morgan fingerprint density at radius 2 is 2.39 bits per heavy atom. The van der Waals surface area contributed by atoms with Crippen LogP contribution in [-0.4, -0.2) is 61.5 Å². The minimum absolute atomic E-state index is 0.338. The van der Waals surface area contributed by atoms with E-state index in [0.717, 1.165) is 32.7 Å². The van der Waals surface area contributed by atoms with Gasteiger partial charge in [0.15, 0.2) is 0 Å². The van der Waals surface area contributed by atoms with E-state index < -0.39 is 0 Å². The molecule has 2 aliphatic heterocycles. The number of nitrogens with one attached hydrogen (secondary N) is 1. The van der Waals surface area contributed by atoms with Gasteiger partial charge in [0.25, 0.3) is 0 Å². The Labute approximate surface area is 111 Å². The molecule has 18 heavy (non-hydrogen) atoms. The molecule has 3 unspecified atom stereocenters. The summed E-state index contributed by atoms with van der Waals surface area (Å²) in [5.74, 6) is 0.696. The highest BCUT2D eigenvalue weighted by Crippen LogP contribution is 2.22.